The van der Waals surface area contributed by atoms with Crippen molar-refractivity contribution < 1.29 is 13.2 Å². The third-order valence-electron chi connectivity index (χ3n) is 4.24. The minimum atomic E-state index is -3.45. The van der Waals surface area contributed by atoms with Crippen molar-refractivity contribution in [1.29, 1.82) is 0 Å². The van der Waals surface area contributed by atoms with Crippen molar-refractivity contribution in [2.75, 3.05) is 13.7 Å². The third kappa shape index (κ3) is 3.68. The minimum absolute atomic E-state index is 0.349. The van der Waals surface area contributed by atoms with Crippen molar-refractivity contribution in [1.82, 2.24) is 4.72 Å². The second-order valence-corrected chi connectivity index (χ2v) is 7.59. The lowest BCUT2D eigenvalue weighted by Crippen LogP contribution is -2.28. The first-order valence-electron chi connectivity index (χ1n) is 8.00. The van der Waals surface area contributed by atoms with Gasteiger partial charge in [-0.1, -0.05) is 42.5 Å². The third-order valence-corrected chi connectivity index (χ3v) is 5.83. The van der Waals surface area contributed by atoms with E-state index < -0.39 is 10.0 Å². The zero-order chi connectivity index (χ0) is 17.0. The predicted molar refractivity (Wildman–Crippen MR) is 96.4 cm³/mol. The van der Waals surface area contributed by atoms with E-state index >= 15 is 0 Å². The van der Waals surface area contributed by atoms with Crippen LogP contribution in [-0.4, -0.2) is 22.1 Å². The number of aryl methyl sites for hydroxylation is 1. The molecule has 5 heteroatoms. The summed E-state index contributed by atoms with van der Waals surface area (Å²) < 4.78 is 33.1. The summed E-state index contributed by atoms with van der Waals surface area (Å²) in [5, 5.41) is 0. The Hall–Kier alpha value is -2.11. The van der Waals surface area contributed by atoms with E-state index in [0.717, 1.165) is 23.3 Å². The van der Waals surface area contributed by atoms with Gasteiger partial charge >= 0.3 is 0 Å². The SMILES string of the molecule is COc1ccccc1CCNS(=O)(=O)C1=Cc2ccccc2CC1. The van der Waals surface area contributed by atoms with Gasteiger partial charge in [-0.25, -0.2) is 13.1 Å². The molecule has 0 saturated carbocycles. The Kier molecular flexibility index (Phi) is 5.02. The average Bonchev–Trinajstić information content (AvgIpc) is 2.61. The lowest BCUT2D eigenvalue weighted by atomic mass is 9.98. The maximum Gasteiger partial charge on any atom is 0.236 e. The minimum Gasteiger partial charge on any atom is -0.496 e. The lowest BCUT2D eigenvalue weighted by Gasteiger charge is -2.17. The molecule has 24 heavy (non-hydrogen) atoms. The second-order valence-electron chi connectivity index (χ2n) is 5.77. The summed E-state index contributed by atoms with van der Waals surface area (Å²) in [5.74, 6) is 0.780. The number of sulfonamides is 1. The highest BCUT2D eigenvalue weighted by molar-refractivity contribution is 7.93. The Balaban J connectivity index is 1.68. The fourth-order valence-corrected chi connectivity index (χ4v) is 4.15. The molecule has 0 aliphatic heterocycles. The van der Waals surface area contributed by atoms with Gasteiger partial charge in [0.05, 0.1) is 12.0 Å². The predicted octanol–water partition coefficient (Wildman–Crippen LogP) is 3.14. The van der Waals surface area contributed by atoms with Crippen molar-refractivity contribution in [2.45, 2.75) is 19.3 Å². The Morgan fingerprint density at radius 1 is 1.04 bits per heavy atom. The molecule has 0 fully saturated rings. The number of allylic oxidation sites excluding steroid dienone is 1. The fourth-order valence-electron chi connectivity index (χ4n) is 2.94. The van der Waals surface area contributed by atoms with E-state index in [0.29, 0.717) is 24.3 Å². The van der Waals surface area contributed by atoms with Crippen molar-refractivity contribution in [3.05, 3.63) is 70.1 Å². The standard InChI is InChI=1S/C19H21NO3S/c1-23-19-9-5-4-7-16(19)12-13-20-24(21,22)18-11-10-15-6-2-3-8-17(15)14-18/h2-9,14,20H,10-13H2,1H3. The molecule has 1 aliphatic carbocycles. The monoisotopic (exact) mass is 343 g/mol. The molecule has 1 aliphatic rings. The summed E-state index contributed by atoms with van der Waals surface area (Å²) in [5.41, 5.74) is 3.19. The number of nitrogens with one attached hydrogen (secondary N) is 1. The first kappa shape index (κ1) is 16.7. The molecule has 3 rings (SSSR count). The van der Waals surface area contributed by atoms with Crippen LogP contribution in [0.5, 0.6) is 5.75 Å². The quantitative estimate of drug-likeness (QED) is 0.877. The number of para-hydroxylation sites is 1. The van der Waals surface area contributed by atoms with Crippen LogP contribution in [0.15, 0.2) is 53.4 Å². The molecule has 0 amide bonds. The van der Waals surface area contributed by atoms with E-state index in [9.17, 15) is 8.42 Å². The average molecular weight is 343 g/mol. The molecule has 0 heterocycles. The van der Waals surface area contributed by atoms with E-state index in [-0.39, 0.29) is 0 Å². The Morgan fingerprint density at radius 2 is 1.79 bits per heavy atom. The highest BCUT2D eigenvalue weighted by atomic mass is 32.2. The molecule has 0 bridgehead atoms. The number of hydrogen-bond acceptors (Lipinski definition) is 3. The second kappa shape index (κ2) is 7.20. The van der Waals surface area contributed by atoms with Crippen molar-refractivity contribution >= 4 is 16.1 Å². The van der Waals surface area contributed by atoms with E-state index in [1.54, 1.807) is 13.2 Å². The van der Waals surface area contributed by atoms with Crippen LogP contribution in [-0.2, 0) is 22.9 Å². The maximum atomic E-state index is 12.5. The molecule has 2 aromatic carbocycles. The molecular weight excluding hydrogens is 322 g/mol. The molecule has 126 valence electrons. The number of methoxy groups -OCH3 is 1. The zero-order valence-electron chi connectivity index (χ0n) is 13.7. The normalized spacial score (nSPS) is 14.0. The van der Waals surface area contributed by atoms with Crippen LogP contribution in [0.1, 0.15) is 23.1 Å². The topological polar surface area (TPSA) is 55.4 Å². The van der Waals surface area contributed by atoms with Gasteiger partial charge in [-0.15, -0.1) is 0 Å². The number of benzene rings is 2. The molecule has 0 spiro atoms. The van der Waals surface area contributed by atoms with Crippen molar-refractivity contribution in [2.24, 2.45) is 0 Å². The van der Waals surface area contributed by atoms with Gasteiger partial charge in [0.15, 0.2) is 0 Å². The van der Waals surface area contributed by atoms with Gasteiger partial charge < -0.3 is 4.74 Å². The Labute approximate surface area is 143 Å². The van der Waals surface area contributed by atoms with E-state index in [4.69, 9.17) is 4.74 Å². The van der Waals surface area contributed by atoms with Crippen LogP contribution in [0, 0.1) is 0 Å². The fraction of sp³-hybridized carbons (Fsp3) is 0.263. The number of rotatable bonds is 6. The smallest absolute Gasteiger partial charge is 0.236 e. The van der Waals surface area contributed by atoms with Gasteiger partial charge in [0, 0.05) is 6.54 Å². The Morgan fingerprint density at radius 3 is 2.62 bits per heavy atom. The molecule has 0 aromatic heterocycles. The van der Waals surface area contributed by atoms with Crippen LogP contribution in [0.25, 0.3) is 6.08 Å². The summed E-state index contributed by atoms with van der Waals surface area (Å²) in [6.45, 7) is 0.349. The Bertz CT molecular complexity index is 856. The zero-order valence-corrected chi connectivity index (χ0v) is 14.5. The summed E-state index contributed by atoms with van der Waals surface area (Å²) in [6, 6.07) is 15.6. The number of ether oxygens (including phenoxy) is 1. The highest BCUT2D eigenvalue weighted by Gasteiger charge is 2.21. The van der Waals surface area contributed by atoms with Crippen LogP contribution >= 0.6 is 0 Å². The van der Waals surface area contributed by atoms with Gasteiger partial charge in [0.25, 0.3) is 0 Å². The molecule has 2 aromatic rings. The van der Waals surface area contributed by atoms with Gasteiger partial charge in [0.2, 0.25) is 10.0 Å². The summed E-state index contributed by atoms with van der Waals surface area (Å²) in [6.07, 6.45) is 3.67. The largest absolute Gasteiger partial charge is 0.496 e. The molecule has 1 N–H and O–H groups in total. The van der Waals surface area contributed by atoms with E-state index in [1.165, 1.54) is 5.56 Å². The summed E-state index contributed by atoms with van der Waals surface area (Å²) >= 11 is 0. The summed E-state index contributed by atoms with van der Waals surface area (Å²) in [7, 11) is -1.83. The van der Waals surface area contributed by atoms with Crippen molar-refractivity contribution in [3.63, 3.8) is 0 Å². The van der Waals surface area contributed by atoms with Crippen LogP contribution in [0.4, 0.5) is 0 Å². The lowest BCUT2D eigenvalue weighted by molar-refractivity contribution is 0.409. The van der Waals surface area contributed by atoms with Gasteiger partial charge in [-0.3, -0.25) is 0 Å². The molecule has 0 radical (unpaired) electrons. The molecule has 4 nitrogen and oxygen atoms in total. The van der Waals surface area contributed by atoms with Crippen molar-refractivity contribution in [3.8, 4) is 5.75 Å². The molecule has 0 atom stereocenters. The summed E-state index contributed by atoms with van der Waals surface area (Å²) in [4.78, 5) is 0.459. The molecule has 0 unspecified atom stereocenters. The maximum absolute atomic E-state index is 12.5. The van der Waals surface area contributed by atoms with Gasteiger partial charge in [-0.2, -0.15) is 0 Å². The number of hydrogen-bond donors (Lipinski definition) is 1. The van der Waals surface area contributed by atoms with Crippen LogP contribution < -0.4 is 9.46 Å². The first-order chi connectivity index (χ1) is 11.6. The highest BCUT2D eigenvalue weighted by Crippen LogP contribution is 2.26. The van der Waals surface area contributed by atoms with Gasteiger partial charge in [-0.05, 0) is 48.1 Å². The molecular formula is C19H21NO3S. The molecule has 0 saturated heterocycles. The van der Waals surface area contributed by atoms with Gasteiger partial charge in [0.1, 0.15) is 5.75 Å². The van der Waals surface area contributed by atoms with Crippen LogP contribution in [0.2, 0.25) is 0 Å². The first-order valence-corrected chi connectivity index (χ1v) is 9.48. The van der Waals surface area contributed by atoms with E-state index in [1.807, 2.05) is 48.5 Å². The number of fused-ring (bicyclic) bond motifs is 1. The van der Waals surface area contributed by atoms with Crippen LogP contribution in [0.3, 0.4) is 0 Å². The van der Waals surface area contributed by atoms with E-state index in [2.05, 4.69) is 4.72 Å².